The Balaban J connectivity index is 1.07. The molecule has 0 saturated carbocycles. The summed E-state index contributed by atoms with van der Waals surface area (Å²) < 4.78 is 22.7. The van der Waals surface area contributed by atoms with Gasteiger partial charge in [-0.2, -0.15) is 0 Å². The summed E-state index contributed by atoms with van der Waals surface area (Å²) in [5, 5.41) is 3.23. The normalized spacial score (nSPS) is 17.6. The highest BCUT2D eigenvalue weighted by Crippen LogP contribution is 2.31. The number of piperidine rings is 1. The van der Waals surface area contributed by atoms with E-state index in [9.17, 15) is 0 Å². The molecule has 0 aliphatic carbocycles. The van der Waals surface area contributed by atoms with Crippen molar-refractivity contribution in [1.29, 1.82) is 0 Å². The predicted octanol–water partition coefficient (Wildman–Crippen LogP) is 4.11. The Morgan fingerprint density at radius 1 is 0.882 bits per heavy atom. The van der Waals surface area contributed by atoms with Crippen molar-refractivity contribution in [2.24, 2.45) is 0 Å². The molecule has 2 saturated heterocycles. The van der Waals surface area contributed by atoms with Crippen LogP contribution in [0.25, 0.3) is 11.1 Å². The van der Waals surface area contributed by atoms with Gasteiger partial charge in [0.1, 0.15) is 18.1 Å². The number of methoxy groups -OCH3 is 1. The molecule has 0 radical (unpaired) electrons. The molecule has 3 aromatic rings. The van der Waals surface area contributed by atoms with Gasteiger partial charge in [-0.15, -0.1) is 0 Å². The lowest BCUT2D eigenvalue weighted by atomic mass is 10.0. The molecule has 2 aliphatic heterocycles. The Hall–Kier alpha value is -3.20. The lowest BCUT2D eigenvalue weighted by molar-refractivity contribution is -0.185. The molecule has 0 bridgehead atoms. The lowest BCUT2D eigenvalue weighted by Crippen LogP contribution is -2.46. The van der Waals surface area contributed by atoms with Crippen molar-refractivity contribution in [3.63, 3.8) is 0 Å². The zero-order valence-electron chi connectivity index (χ0n) is 19.4. The van der Waals surface area contributed by atoms with Gasteiger partial charge in [-0.3, -0.25) is 4.90 Å². The second-order valence-corrected chi connectivity index (χ2v) is 8.47. The van der Waals surface area contributed by atoms with Crippen LogP contribution in [0, 0.1) is 0 Å². The quantitative estimate of drug-likeness (QED) is 0.536. The summed E-state index contributed by atoms with van der Waals surface area (Å²) >= 11 is 0. The van der Waals surface area contributed by atoms with E-state index in [1.165, 1.54) is 0 Å². The molecule has 1 aromatic heterocycles. The molecule has 2 aromatic carbocycles. The Bertz CT molecular complexity index is 1040. The first-order valence-corrected chi connectivity index (χ1v) is 11.7. The maximum absolute atomic E-state index is 5.94. The van der Waals surface area contributed by atoms with Crippen molar-refractivity contribution >= 4 is 11.6 Å². The number of nitrogens with one attached hydrogen (secondary N) is 1. The molecule has 0 atom stereocenters. The summed E-state index contributed by atoms with van der Waals surface area (Å²) in [6.07, 6.45) is 5.47. The number of hydrogen-bond donors (Lipinski definition) is 1. The second-order valence-electron chi connectivity index (χ2n) is 8.47. The molecular weight excluding hydrogens is 432 g/mol. The lowest BCUT2D eigenvalue weighted by Gasteiger charge is -2.37. The molecule has 8 heteroatoms. The molecule has 1 N–H and O–H groups in total. The van der Waals surface area contributed by atoms with Crippen LogP contribution in [0.5, 0.6) is 11.5 Å². The largest absolute Gasteiger partial charge is 0.497 e. The number of hydrogen-bond acceptors (Lipinski definition) is 8. The van der Waals surface area contributed by atoms with E-state index >= 15 is 0 Å². The maximum Gasteiger partial charge on any atom is 0.227 e. The third-order valence-electron chi connectivity index (χ3n) is 6.29. The van der Waals surface area contributed by atoms with E-state index in [0.29, 0.717) is 12.6 Å². The van der Waals surface area contributed by atoms with Gasteiger partial charge in [0.25, 0.3) is 0 Å². The summed E-state index contributed by atoms with van der Waals surface area (Å²) in [6, 6.07) is 15.7. The van der Waals surface area contributed by atoms with E-state index in [1.54, 1.807) is 7.11 Å². The minimum Gasteiger partial charge on any atom is -0.497 e. The van der Waals surface area contributed by atoms with Crippen LogP contribution in [0.4, 0.5) is 11.6 Å². The zero-order valence-corrected chi connectivity index (χ0v) is 19.4. The molecule has 1 spiro atoms. The molecular formula is C26H30N4O4. The molecule has 5 rings (SSSR count). The van der Waals surface area contributed by atoms with Crippen molar-refractivity contribution in [1.82, 2.24) is 14.9 Å². The van der Waals surface area contributed by atoms with Crippen LogP contribution >= 0.6 is 0 Å². The van der Waals surface area contributed by atoms with E-state index in [2.05, 4.69) is 20.2 Å². The Kier molecular flexibility index (Phi) is 6.89. The van der Waals surface area contributed by atoms with Gasteiger partial charge in [-0.25, -0.2) is 9.97 Å². The first kappa shape index (κ1) is 22.6. The first-order chi connectivity index (χ1) is 16.7. The highest BCUT2D eigenvalue weighted by Gasteiger charge is 2.39. The summed E-state index contributed by atoms with van der Waals surface area (Å²) in [7, 11) is 1.66. The predicted molar refractivity (Wildman–Crippen MR) is 130 cm³/mol. The second kappa shape index (κ2) is 10.4. The smallest absolute Gasteiger partial charge is 0.227 e. The average molecular weight is 463 g/mol. The highest BCUT2D eigenvalue weighted by atomic mass is 16.7. The summed E-state index contributed by atoms with van der Waals surface area (Å²) in [6.45, 7) is 4.93. The van der Waals surface area contributed by atoms with E-state index in [1.807, 2.05) is 60.9 Å². The Morgan fingerprint density at radius 3 is 2.18 bits per heavy atom. The highest BCUT2D eigenvalue weighted by molar-refractivity contribution is 5.63. The third kappa shape index (κ3) is 5.47. The minimum atomic E-state index is -0.320. The van der Waals surface area contributed by atoms with E-state index in [-0.39, 0.29) is 5.79 Å². The van der Waals surface area contributed by atoms with Crippen molar-refractivity contribution in [3.8, 4) is 22.6 Å². The number of anilines is 2. The van der Waals surface area contributed by atoms with Crippen LogP contribution in [0.3, 0.4) is 0 Å². The average Bonchev–Trinajstić information content (AvgIpc) is 3.35. The first-order valence-electron chi connectivity index (χ1n) is 11.7. The topological polar surface area (TPSA) is 78.0 Å². The maximum atomic E-state index is 5.94. The number of ether oxygens (including phenoxy) is 4. The van der Waals surface area contributed by atoms with Gasteiger partial charge in [-0.1, -0.05) is 12.1 Å². The van der Waals surface area contributed by atoms with Crippen LogP contribution in [0.2, 0.25) is 0 Å². The van der Waals surface area contributed by atoms with Gasteiger partial charge in [0.05, 0.1) is 20.3 Å². The summed E-state index contributed by atoms with van der Waals surface area (Å²) in [4.78, 5) is 11.3. The van der Waals surface area contributed by atoms with Crippen LogP contribution in [0.1, 0.15) is 12.8 Å². The van der Waals surface area contributed by atoms with Gasteiger partial charge < -0.3 is 24.3 Å². The SMILES string of the molecule is COc1ccc(-c2cnc(Nc3ccc(OCCN4CCC5(CC4)OCCO5)cc3)nc2)cc1. The summed E-state index contributed by atoms with van der Waals surface area (Å²) in [5.74, 6) is 1.89. The van der Waals surface area contributed by atoms with Crippen molar-refractivity contribution in [2.45, 2.75) is 18.6 Å². The number of aromatic nitrogens is 2. The summed E-state index contributed by atoms with van der Waals surface area (Å²) in [5.41, 5.74) is 2.89. The molecule has 2 fully saturated rings. The third-order valence-corrected chi connectivity index (χ3v) is 6.29. The molecule has 3 heterocycles. The minimum absolute atomic E-state index is 0.320. The zero-order chi connectivity index (χ0) is 23.2. The van der Waals surface area contributed by atoms with Crippen molar-refractivity contribution in [3.05, 3.63) is 60.9 Å². The van der Waals surface area contributed by atoms with Gasteiger partial charge in [-0.05, 0) is 42.0 Å². The van der Waals surface area contributed by atoms with Crippen molar-refractivity contribution in [2.75, 3.05) is 51.9 Å². The van der Waals surface area contributed by atoms with E-state index in [4.69, 9.17) is 18.9 Å². The number of nitrogens with zero attached hydrogens (tertiary/aromatic N) is 3. The fourth-order valence-corrected chi connectivity index (χ4v) is 4.28. The Morgan fingerprint density at radius 2 is 1.53 bits per heavy atom. The van der Waals surface area contributed by atoms with Crippen LogP contribution in [-0.4, -0.2) is 67.2 Å². The number of benzene rings is 2. The molecule has 0 amide bonds. The fraction of sp³-hybridized carbons (Fsp3) is 0.385. The molecule has 8 nitrogen and oxygen atoms in total. The van der Waals surface area contributed by atoms with Gasteiger partial charge in [0.15, 0.2) is 5.79 Å². The van der Waals surface area contributed by atoms with Crippen LogP contribution in [-0.2, 0) is 9.47 Å². The fourth-order valence-electron chi connectivity index (χ4n) is 4.28. The number of rotatable bonds is 8. The Labute approximate surface area is 199 Å². The molecule has 2 aliphatic rings. The van der Waals surface area contributed by atoms with E-state index < -0.39 is 0 Å². The standard InChI is InChI=1S/C26H30N4O4/c1-31-23-6-2-20(3-7-23)21-18-27-25(28-19-21)29-22-4-8-24(9-5-22)32-15-14-30-12-10-26(11-13-30)33-16-17-34-26/h2-9,18-19H,10-17H2,1H3,(H,27,28,29). The monoisotopic (exact) mass is 462 g/mol. The molecule has 34 heavy (non-hydrogen) atoms. The van der Waals surface area contributed by atoms with Gasteiger partial charge in [0.2, 0.25) is 5.95 Å². The van der Waals surface area contributed by atoms with Gasteiger partial charge in [0, 0.05) is 56.1 Å². The van der Waals surface area contributed by atoms with Crippen LogP contribution < -0.4 is 14.8 Å². The van der Waals surface area contributed by atoms with Crippen LogP contribution in [0.15, 0.2) is 60.9 Å². The number of likely N-dealkylation sites (tertiary alicyclic amines) is 1. The van der Waals surface area contributed by atoms with Gasteiger partial charge >= 0.3 is 0 Å². The molecule has 178 valence electrons. The van der Waals surface area contributed by atoms with E-state index in [0.717, 1.165) is 74.0 Å². The molecule has 0 unspecified atom stereocenters. The van der Waals surface area contributed by atoms with Crippen molar-refractivity contribution < 1.29 is 18.9 Å².